The predicted octanol–water partition coefficient (Wildman–Crippen LogP) is 2.40. The third-order valence-electron chi connectivity index (χ3n) is 1.58. The van der Waals surface area contributed by atoms with Gasteiger partial charge in [-0.1, -0.05) is 5.57 Å². The van der Waals surface area contributed by atoms with Crippen LogP contribution in [0, 0.1) is 11.3 Å². The van der Waals surface area contributed by atoms with Gasteiger partial charge >= 0.3 is 0 Å². The third kappa shape index (κ3) is 1.70. The van der Waals surface area contributed by atoms with Gasteiger partial charge < -0.3 is 0 Å². The fourth-order valence-electron chi connectivity index (χ4n) is 0.984. The smallest absolute Gasteiger partial charge is 0.0997 e. The summed E-state index contributed by atoms with van der Waals surface area (Å²) >= 11 is 0. The van der Waals surface area contributed by atoms with Crippen molar-refractivity contribution in [1.82, 2.24) is 4.98 Å². The van der Waals surface area contributed by atoms with E-state index < -0.39 is 0 Å². The van der Waals surface area contributed by atoms with E-state index in [1.807, 2.05) is 26.0 Å². The van der Waals surface area contributed by atoms with E-state index in [0.717, 1.165) is 16.7 Å². The van der Waals surface area contributed by atoms with Crippen molar-refractivity contribution < 1.29 is 0 Å². The van der Waals surface area contributed by atoms with Gasteiger partial charge in [0.2, 0.25) is 0 Å². The summed E-state index contributed by atoms with van der Waals surface area (Å²) in [5, 5.41) is 8.82. The van der Waals surface area contributed by atoms with Crippen molar-refractivity contribution in [2.45, 2.75) is 13.8 Å². The van der Waals surface area contributed by atoms with Crippen LogP contribution in [0.4, 0.5) is 0 Å². The number of nitriles is 1. The lowest BCUT2D eigenvalue weighted by Crippen LogP contribution is -1.83. The molecule has 0 atom stereocenters. The monoisotopic (exact) mass is 158 g/mol. The van der Waals surface area contributed by atoms with Crippen molar-refractivity contribution in [3.05, 3.63) is 35.7 Å². The zero-order valence-corrected chi connectivity index (χ0v) is 7.20. The maximum atomic E-state index is 8.82. The van der Waals surface area contributed by atoms with E-state index in [2.05, 4.69) is 11.1 Å². The van der Waals surface area contributed by atoms with Crippen molar-refractivity contribution in [2.75, 3.05) is 0 Å². The SMILES string of the molecule is CC(C)=C(C#N)c1ccncc1. The zero-order chi connectivity index (χ0) is 8.97. The van der Waals surface area contributed by atoms with Gasteiger partial charge in [0, 0.05) is 12.4 Å². The second kappa shape index (κ2) is 3.68. The highest BCUT2D eigenvalue weighted by atomic mass is 14.6. The number of hydrogen-bond donors (Lipinski definition) is 0. The summed E-state index contributed by atoms with van der Waals surface area (Å²) in [5.41, 5.74) is 2.70. The first-order valence-electron chi connectivity index (χ1n) is 3.73. The first kappa shape index (κ1) is 8.48. The van der Waals surface area contributed by atoms with Gasteiger partial charge in [0.15, 0.2) is 0 Å². The van der Waals surface area contributed by atoms with Gasteiger partial charge in [-0.25, -0.2) is 0 Å². The minimum absolute atomic E-state index is 0.734. The first-order chi connectivity index (χ1) is 5.75. The fourth-order valence-corrected chi connectivity index (χ4v) is 0.984. The second-order valence-corrected chi connectivity index (χ2v) is 2.72. The summed E-state index contributed by atoms with van der Waals surface area (Å²) in [7, 11) is 0. The van der Waals surface area contributed by atoms with Crippen molar-refractivity contribution >= 4 is 5.57 Å². The molecule has 1 heterocycles. The number of allylic oxidation sites excluding steroid dienone is 2. The lowest BCUT2D eigenvalue weighted by Gasteiger charge is -1.99. The molecule has 0 aliphatic carbocycles. The molecule has 0 aliphatic heterocycles. The average Bonchev–Trinajstić information content (AvgIpc) is 2.07. The molecule has 1 aromatic rings. The maximum absolute atomic E-state index is 8.82. The van der Waals surface area contributed by atoms with Crippen LogP contribution < -0.4 is 0 Å². The van der Waals surface area contributed by atoms with Gasteiger partial charge in [-0.2, -0.15) is 5.26 Å². The fraction of sp³-hybridized carbons (Fsp3) is 0.200. The zero-order valence-electron chi connectivity index (χ0n) is 7.20. The lowest BCUT2D eigenvalue weighted by atomic mass is 10.0. The number of rotatable bonds is 1. The summed E-state index contributed by atoms with van der Waals surface area (Å²) in [6.45, 7) is 3.86. The summed E-state index contributed by atoms with van der Waals surface area (Å²) < 4.78 is 0. The largest absolute Gasteiger partial charge is 0.265 e. The molecule has 1 aromatic heterocycles. The van der Waals surface area contributed by atoms with Crippen molar-refractivity contribution in [1.29, 1.82) is 5.26 Å². The maximum Gasteiger partial charge on any atom is 0.0997 e. The van der Waals surface area contributed by atoms with Crippen molar-refractivity contribution in [3.8, 4) is 6.07 Å². The molecule has 60 valence electrons. The highest BCUT2D eigenvalue weighted by Gasteiger charge is 2.00. The first-order valence-corrected chi connectivity index (χ1v) is 3.73. The van der Waals surface area contributed by atoms with Gasteiger partial charge in [-0.15, -0.1) is 0 Å². The molecule has 0 saturated heterocycles. The molecule has 2 heteroatoms. The van der Waals surface area contributed by atoms with E-state index in [0.29, 0.717) is 0 Å². The van der Waals surface area contributed by atoms with Crippen molar-refractivity contribution in [3.63, 3.8) is 0 Å². The van der Waals surface area contributed by atoms with Crippen LogP contribution in [0.15, 0.2) is 30.1 Å². The Balaban J connectivity index is 3.17. The van der Waals surface area contributed by atoms with Crippen LogP contribution in [-0.4, -0.2) is 4.98 Å². The molecule has 0 spiro atoms. The summed E-state index contributed by atoms with van der Waals surface area (Å²) in [5.74, 6) is 0. The molecule has 0 N–H and O–H groups in total. The van der Waals surface area contributed by atoms with Crippen LogP contribution in [0.25, 0.3) is 5.57 Å². The quantitative estimate of drug-likeness (QED) is 0.588. The molecule has 0 aromatic carbocycles. The average molecular weight is 158 g/mol. The van der Waals surface area contributed by atoms with Crippen LogP contribution in [0.1, 0.15) is 19.4 Å². The Morgan fingerprint density at radius 3 is 2.33 bits per heavy atom. The molecule has 0 radical (unpaired) electrons. The number of aromatic nitrogens is 1. The van der Waals surface area contributed by atoms with E-state index in [-0.39, 0.29) is 0 Å². The Morgan fingerprint density at radius 1 is 1.33 bits per heavy atom. The number of pyridine rings is 1. The van der Waals surface area contributed by atoms with Crippen LogP contribution in [0.2, 0.25) is 0 Å². The molecule has 0 amide bonds. The topological polar surface area (TPSA) is 36.7 Å². The van der Waals surface area contributed by atoms with E-state index in [1.54, 1.807) is 12.4 Å². The summed E-state index contributed by atoms with van der Waals surface area (Å²) in [6.07, 6.45) is 3.38. The number of nitrogens with zero attached hydrogens (tertiary/aromatic N) is 2. The molecule has 0 fully saturated rings. The molecule has 0 unspecified atom stereocenters. The Hall–Kier alpha value is -1.62. The molecule has 1 rings (SSSR count). The molecule has 0 bridgehead atoms. The van der Waals surface area contributed by atoms with Gasteiger partial charge in [-0.3, -0.25) is 4.98 Å². The van der Waals surface area contributed by atoms with E-state index in [1.165, 1.54) is 0 Å². The predicted molar refractivity (Wildman–Crippen MR) is 48.1 cm³/mol. The Bertz CT molecular complexity index is 327. The highest BCUT2D eigenvalue weighted by Crippen LogP contribution is 2.15. The van der Waals surface area contributed by atoms with Gasteiger partial charge in [0.05, 0.1) is 11.6 Å². The van der Waals surface area contributed by atoms with Crippen molar-refractivity contribution in [2.24, 2.45) is 0 Å². The molecule has 12 heavy (non-hydrogen) atoms. The minimum Gasteiger partial charge on any atom is -0.265 e. The van der Waals surface area contributed by atoms with Crippen LogP contribution in [-0.2, 0) is 0 Å². The second-order valence-electron chi connectivity index (χ2n) is 2.72. The molecular weight excluding hydrogens is 148 g/mol. The Kier molecular flexibility index (Phi) is 2.60. The minimum atomic E-state index is 0.734. The Morgan fingerprint density at radius 2 is 1.92 bits per heavy atom. The normalized spacial score (nSPS) is 8.75. The summed E-state index contributed by atoms with van der Waals surface area (Å²) in [4.78, 5) is 3.89. The molecule has 2 nitrogen and oxygen atoms in total. The van der Waals surface area contributed by atoms with E-state index >= 15 is 0 Å². The standard InChI is InChI=1S/C10H10N2/c1-8(2)10(7-11)9-3-5-12-6-4-9/h3-6H,1-2H3. The van der Waals surface area contributed by atoms with Gasteiger partial charge in [0.1, 0.15) is 0 Å². The third-order valence-corrected chi connectivity index (χ3v) is 1.58. The van der Waals surface area contributed by atoms with Crippen LogP contribution in [0.3, 0.4) is 0 Å². The van der Waals surface area contributed by atoms with Crippen LogP contribution in [0.5, 0.6) is 0 Å². The van der Waals surface area contributed by atoms with E-state index in [4.69, 9.17) is 5.26 Å². The van der Waals surface area contributed by atoms with Gasteiger partial charge in [-0.05, 0) is 31.5 Å². The van der Waals surface area contributed by atoms with Gasteiger partial charge in [0.25, 0.3) is 0 Å². The van der Waals surface area contributed by atoms with Crippen LogP contribution >= 0.6 is 0 Å². The number of hydrogen-bond acceptors (Lipinski definition) is 2. The Labute approximate surface area is 72.2 Å². The molecule has 0 aliphatic rings. The lowest BCUT2D eigenvalue weighted by molar-refractivity contribution is 1.30. The molecular formula is C10H10N2. The highest BCUT2D eigenvalue weighted by molar-refractivity contribution is 5.78. The van der Waals surface area contributed by atoms with E-state index in [9.17, 15) is 0 Å². The molecule has 0 saturated carbocycles. The summed E-state index contributed by atoms with van der Waals surface area (Å²) in [6, 6.07) is 5.85.